The highest BCUT2D eigenvalue weighted by Gasteiger charge is 2.45. The van der Waals surface area contributed by atoms with Gasteiger partial charge >= 0.3 is 5.92 Å². The zero-order chi connectivity index (χ0) is 12.5. The topological polar surface area (TPSA) is 63.3 Å². The SMILES string of the molecule is NC(=O)C(F)(F)C(O)c1ccc(Cl)c(F)c1. The first-order valence-corrected chi connectivity index (χ1v) is 4.45. The van der Waals surface area contributed by atoms with Crippen molar-refractivity contribution in [1.29, 1.82) is 0 Å². The summed E-state index contributed by atoms with van der Waals surface area (Å²) < 4.78 is 38.9. The van der Waals surface area contributed by atoms with Gasteiger partial charge in [0, 0.05) is 0 Å². The number of nitrogens with two attached hydrogens (primary N) is 1. The first-order chi connectivity index (χ1) is 7.26. The van der Waals surface area contributed by atoms with Crippen LogP contribution in [0, 0.1) is 5.82 Å². The Morgan fingerprint density at radius 3 is 2.50 bits per heavy atom. The van der Waals surface area contributed by atoms with E-state index < -0.39 is 29.3 Å². The van der Waals surface area contributed by atoms with Crippen molar-refractivity contribution < 1.29 is 23.1 Å². The Bertz CT molecular complexity index is 425. The average Bonchev–Trinajstić information content (AvgIpc) is 2.20. The van der Waals surface area contributed by atoms with Gasteiger partial charge in [-0.2, -0.15) is 8.78 Å². The van der Waals surface area contributed by atoms with Crippen molar-refractivity contribution in [1.82, 2.24) is 0 Å². The predicted octanol–water partition coefficient (Wildman–Crippen LogP) is 1.63. The molecule has 0 aliphatic heterocycles. The number of aliphatic hydroxyl groups excluding tert-OH is 1. The van der Waals surface area contributed by atoms with Crippen molar-refractivity contribution in [3.05, 3.63) is 34.6 Å². The molecule has 0 heterocycles. The molecule has 0 saturated carbocycles. The van der Waals surface area contributed by atoms with Crippen LogP contribution < -0.4 is 5.73 Å². The van der Waals surface area contributed by atoms with E-state index in [1.54, 1.807) is 0 Å². The molecule has 1 aromatic rings. The van der Waals surface area contributed by atoms with Crippen LogP contribution in [0.3, 0.4) is 0 Å². The highest BCUT2D eigenvalue weighted by atomic mass is 35.5. The molecular weight excluding hydrogens is 247 g/mol. The van der Waals surface area contributed by atoms with Gasteiger partial charge < -0.3 is 10.8 Å². The molecule has 1 unspecified atom stereocenters. The minimum absolute atomic E-state index is 0.279. The Labute approximate surface area is 93.6 Å². The maximum atomic E-state index is 13.0. The molecule has 3 N–H and O–H groups in total. The van der Waals surface area contributed by atoms with Gasteiger partial charge in [-0.15, -0.1) is 0 Å². The van der Waals surface area contributed by atoms with Crippen molar-refractivity contribution in [3.8, 4) is 0 Å². The van der Waals surface area contributed by atoms with Crippen LogP contribution in [0.4, 0.5) is 13.2 Å². The van der Waals surface area contributed by atoms with Crippen LogP contribution in [0.15, 0.2) is 18.2 Å². The third-order valence-electron chi connectivity index (χ3n) is 1.93. The third-order valence-corrected chi connectivity index (χ3v) is 2.24. The summed E-state index contributed by atoms with van der Waals surface area (Å²) in [6, 6.07) is 2.59. The molecule has 0 fully saturated rings. The molecule has 16 heavy (non-hydrogen) atoms. The summed E-state index contributed by atoms with van der Waals surface area (Å²) in [5, 5.41) is 8.89. The fraction of sp³-hybridized carbons (Fsp3) is 0.222. The first kappa shape index (κ1) is 12.8. The molecule has 0 aromatic heterocycles. The quantitative estimate of drug-likeness (QED) is 0.860. The number of rotatable bonds is 3. The smallest absolute Gasteiger partial charge is 0.353 e. The summed E-state index contributed by atoms with van der Waals surface area (Å²) in [5.74, 6) is -7.13. The van der Waals surface area contributed by atoms with Gasteiger partial charge in [0.25, 0.3) is 5.91 Å². The standard InChI is InChI=1S/C9H7ClF3NO2/c10-5-2-1-4(3-6(5)11)7(15)9(12,13)8(14)16/h1-3,7,15H,(H2,14,16). The maximum absolute atomic E-state index is 13.0. The lowest BCUT2D eigenvalue weighted by atomic mass is 10.0. The first-order valence-electron chi connectivity index (χ1n) is 4.07. The molecule has 1 rings (SSSR count). The second-order valence-electron chi connectivity index (χ2n) is 3.06. The lowest BCUT2D eigenvalue weighted by Crippen LogP contribution is -2.41. The van der Waals surface area contributed by atoms with Crippen LogP contribution in [0.25, 0.3) is 0 Å². The molecule has 0 aliphatic rings. The van der Waals surface area contributed by atoms with E-state index in [1.165, 1.54) is 0 Å². The molecule has 1 aromatic carbocycles. The van der Waals surface area contributed by atoms with Gasteiger partial charge in [-0.05, 0) is 17.7 Å². The lowest BCUT2D eigenvalue weighted by Gasteiger charge is -2.19. The van der Waals surface area contributed by atoms with Gasteiger partial charge in [0.1, 0.15) is 5.82 Å². The Hall–Kier alpha value is -1.27. The van der Waals surface area contributed by atoms with Gasteiger partial charge in [0.2, 0.25) is 0 Å². The Kier molecular flexibility index (Phi) is 3.44. The van der Waals surface area contributed by atoms with Gasteiger partial charge in [-0.25, -0.2) is 4.39 Å². The minimum Gasteiger partial charge on any atom is -0.381 e. The van der Waals surface area contributed by atoms with E-state index in [1.807, 2.05) is 0 Å². The zero-order valence-corrected chi connectivity index (χ0v) is 8.51. The van der Waals surface area contributed by atoms with Crippen LogP contribution in [-0.4, -0.2) is 16.9 Å². The van der Waals surface area contributed by atoms with E-state index >= 15 is 0 Å². The number of halogens is 4. The molecule has 88 valence electrons. The van der Waals surface area contributed by atoms with Crippen LogP contribution in [0.5, 0.6) is 0 Å². The van der Waals surface area contributed by atoms with E-state index in [9.17, 15) is 23.1 Å². The number of carbonyl (C=O) groups is 1. The maximum Gasteiger partial charge on any atom is 0.353 e. The van der Waals surface area contributed by atoms with E-state index in [4.69, 9.17) is 11.6 Å². The highest BCUT2D eigenvalue weighted by Crippen LogP contribution is 2.32. The molecule has 0 aliphatic carbocycles. The molecule has 0 radical (unpaired) electrons. The van der Waals surface area contributed by atoms with Crippen molar-refractivity contribution in [2.24, 2.45) is 5.73 Å². The Morgan fingerprint density at radius 2 is 2.06 bits per heavy atom. The van der Waals surface area contributed by atoms with E-state index in [0.29, 0.717) is 6.07 Å². The second-order valence-corrected chi connectivity index (χ2v) is 3.47. The van der Waals surface area contributed by atoms with Gasteiger partial charge in [-0.3, -0.25) is 4.79 Å². The average molecular weight is 254 g/mol. The predicted molar refractivity (Wildman–Crippen MR) is 50.5 cm³/mol. The molecule has 0 spiro atoms. The van der Waals surface area contributed by atoms with Crippen molar-refractivity contribution in [2.75, 3.05) is 0 Å². The van der Waals surface area contributed by atoms with Gasteiger partial charge in [0.05, 0.1) is 5.02 Å². The van der Waals surface area contributed by atoms with E-state index in [-0.39, 0.29) is 5.02 Å². The lowest BCUT2D eigenvalue weighted by molar-refractivity contribution is -0.160. The van der Waals surface area contributed by atoms with E-state index in [2.05, 4.69) is 5.73 Å². The number of hydrogen-bond donors (Lipinski definition) is 2. The number of benzene rings is 1. The largest absolute Gasteiger partial charge is 0.381 e. The molecule has 7 heteroatoms. The summed E-state index contributed by atoms with van der Waals surface area (Å²) in [6.45, 7) is 0. The number of alkyl halides is 2. The zero-order valence-electron chi connectivity index (χ0n) is 7.75. The monoisotopic (exact) mass is 253 g/mol. The minimum atomic E-state index is -4.17. The number of hydrogen-bond acceptors (Lipinski definition) is 2. The fourth-order valence-corrected chi connectivity index (χ4v) is 1.14. The summed E-state index contributed by atoms with van der Waals surface area (Å²) >= 11 is 5.33. The van der Waals surface area contributed by atoms with Gasteiger partial charge in [0.15, 0.2) is 6.10 Å². The van der Waals surface area contributed by atoms with Crippen LogP contribution in [0.2, 0.25) is 5.02 Å². The summed E-state index contributed by atoms with van der Waals surface area (Å²) in [6.07, 6.45) is -2.50. The van der Waals surface area contributed by atoms with Crippen LogP contribution in [-0.2, 0) is 4.79 Å². The molecule has 1 atom stereocenters. The normalized spacial score (nSPS) is 13.6. The molecule has 3 nitrogen and oxygen atoms in total. The molecule has 0 saturated heterocycles. The number of amides is 1. The van der Waals surface area contributed by atoms with Crippen LogP contribution >= 0.6 is 11.6 Å². The van der Waals surface area contributed by atoms with Crippen molar-refractivity contribution >= 4 is 17.5 Å². The Balaban J connectivity index is 3.10. The highest BCUT2D eigenvalue weighted by molar-refractivity contribution is 6.30. The number of carbonyl (C=O) groups excluding carboxylic acids is 1. The summed E-state index contributed by atoms with van der Waals surface area (Å²) in [5.41, 5.74) is 3.93. The second kappa shape index (κ2) is 4.31. The molecular formula is C9H7ClF3NO2. The van der Waals surface area contributed by atoms with E-state index in [0.717, 1.165) is 12.1 Å². The molecule has 0 bridgehead atoms. The Morgan fingerprint density at radius 1 is 1.50 bits per heavy atom. The van der Waals surface area contributed by atoms with Crippen molar-refractivity contribution in [2.45, 2.75) is 12.0 Å². The number of primary amides is 1. The summed E-state index contributed by atoms with van der Waals surface area (Å²) in [4.78, 5) is 10.4. The van der Waals surface area contributed by atoms with Crippen LogP contribution in [0.1, 0.15) is 11.7 Å². The fourth-order valence-electron chi connectivity index (χ4n) is 1.03. The number of aliphatic hydroxyl groups is 1. The van der Waals surface area contributed by atoms with Gasteiger partial charge in [-0.1, -0.05) is 17.7 Å². The summed E-state index contributed by atoms with van der Waals surface area (Å²) in [7, 11) is 0. The van der Waals surface area contributed by atoms with Crippen molar-refractivity contribution in [3.63, 3.8) is 0 Å². The molecule has 1 amide bonds. The third kappa shape index (κ3) is 2.28.